The SMILES string of the molecule is CN(CCNC(=O)NCCCC(=O)O)S(=O)(=O)c1cccs1. The molecule has 1 aromatic heterocycles. The number of urea groups is 1. The van der Waals surface area contributed by atoms with Gasteiger partial charge in [-0.15, -0.1) is 11.3 Å². The number of carbonyl (C=O) groups is 2. The van der Waals surface area contributed by atoms with E-state index in [0.717, 1.165) is 11.3 Å². The van der Waals surface area contributed by atoms with Gasteiger partial charge in [0.1, 0.15) is 4.21 Å². The average molecular weight is 349 g/mol. The second kappa shape index (κ2) is 8.71. The van der Waals surface area contributed by atoms with Crippen LogP contribution in [0.15, 0.2) is 21.7 Å². The minimum atomic E-state index is -3.51. The van der Waals surface area contributed by atoms with Crippen molar-refractivity contribution in [2.45, 2.75) is 17.1 Å². The van der Waals surface area contributed by atoms with Gasteiger partial charge in [0.25, 0.3) is 10.0 Å². The van der Waals surface area contributed by atoms with E-state index in [1.807, 2.05) is 0 Å². The van der Waals surface area contributed by atoms with Gasteiger partial charge in [-0.2, -0.15) is 4.31 Å². The van der Waals surface area contributed by atoms with E-state index >= 15 is 0 Å². The molecule has 8 nitrogen and oxygen atoms in total. The Morgan fingerprint density at radius 1 is 1.32 bits per heavy atom. The summed E-state index contributed by atoms with van der Waals surface area (Å²) in [5, 5.41) is 15.1. The van der Waals surface area contributed by atoms with Crippen LogP contribution in [-0.4, -0.2) is 56.5 Å². The third kappa shape index (κ3) is 6.00. The summed E-state index contributed by atoms with van der Waals surface area (Å²) in [5.74, 6) is -0.914. The lowest BCUT2D eigenvalue weighted by molar-refractivity contribution is -0.137. The number of rotatable bonds is 9. The van der Waals surface area contributed by atoms with Crippen LogP contribution in [0.25, 0.3) is 0 Å². The summed E-state index contributed by atoms with van der Waals surface area (Å²) < 4.78 is 25.6. The predicted molar refractivity (Wildman–Crippen MR) is 82.4 cm³/mol. The Hall–Kier alpha value is -1.65. The number of nitrogens with zero attached hydrogens (tertiary/aromatic N) is 1. The zero-order valence-corrected chi connectivity index (χ0v) is 13.7. The molecular weight excluding hydrogens is 330 g/mol. The van der Waals surface area contributed by atoms with Gasteiger partial charge in [-0.25, -0.2) is 13.2 Å². The Kier molecular flexibility index (Phi) is 7.28. The summed E-state index contributed by atoms with van der Waals surface area (Å²) in [6.45, 7) is 0.552. The van der Waals surface area contributed by atoms with Crippen molar-refractivity contribution in [2.75, 3.05) is 26.7 Å². The zero-order valence-electron chi connectivity index (χ0n) is 12.1. The van der Waals surface area contributed by atoms with Crippen molar-refractivity contribution in [2.24, 2.45) is 0 Å². The van der Waals surface area contributed by atoms with Gasteiger partial charge >= 0.3 is 12.0 Å². The molecule has 0 saturated carbocycles. The number of likely N-dealkylation sites (N-methyl/N-ethyl adjacent to an activating group) is 1. The molecule has 0 fully saturated rings. The average Bonchev–Trinajstić information content (AvgIpc) is 2.98. The van der Waals surface area contributed by atoms with Crippen molar-refractivity contribution in [1.29, 1.82) is 0 Å². The van der Waals surface area contributed by atoms with Gasteiger partial charge in [-0.1, -0.05) is 6.07 Å². The fourth-order valence-electron chi connectivity index (χ4n) is 1.51. The van der Waals surface area contributed by atoms with E-state index in [0.29, 0.717) is 6.42 Å². The first kappa shape index (κ1) is 18.4. The van der Waals surface area contributed by atoms with Crippen LogP contribution in [0.1, 0.15) is 12.8 Å². The second-order valence-electron chi connectivity index (χ2n) is 4.44. The van der Waals surface area contributed by atoms with E-state index in [1.165, 1.54) is 17.4 Å². The number of aliphatic carboxylic acids is 1. The van der Waals surface area contributed by atoms with Crippen molar-refractivity contribution in [1.82, 2.24) is 14.9 Å². The summed E-state index contributed by atoms with van der Waals surface area (Å²) in [5.41, 5.74) is 0. The first-order valence-electron chi connectivity index (χ1n) is 6.57. The van der Waals surface area contributed by atoms with Gasteiger partial charge in [0, 0.05) is 33.1 Å². The normalized spacial score (nSPS) is 11.4. The van der Waals surface area contributed by atoms with Crippen molar-refractivity contribution in [3.05, 3.63) is 17.5 Å². The number of carboxylic acid groups (broad SMARTS) is 1. The van der Waals surface area contributed by atoms with E-state index in [1.54, 1.807) is 11.4 Å². The van der Waals surface area contributed by atoms with Crippen LogP contribution >= 0.6 is 11.3 Å². The Morgan fingerprint density at radius 3 is 2.59 bits per heavy atom. The fourth-order valence-corrected chi connectivity index (χ4v) is 3.89. The number of carboxylic acids is 1. The van der Waals surface area contributed by atoms with Crippen LogP contribution in [0.2, 0.25) is 0 Å². The largest absolute Gasteiger partial charge is 0.481 e. The molecule has 0 atom stereocenters. The molecule has 1 rings (SSSR count). The Bertz CT molecular complexity index is 586. The highest BCUT2D eigenvalue weighted by molar-refractivity contribution is 7.91. The lowest BCUT2D eigenvalue weighted by Crippen LogP contribution is -2.41. The van der Waals surface area contributed by atoms with E-state index in [-0.39, 0.29) is 30.3 Å². The van der Waals surface area contributed by atoms with E-state index in [9.17, 15) is 18.0 Å². The maximum atomic E-state index is 12.1. The van der Waals surface area contributed by atoms with Crippen molar-refractivity contribution >= 4 is 33.4 Å². The Balaban J connectivity index is 2.26. The summed E-state index contributed by atoms with van der Waals surface area (Å²) in [6.07, 6.45) is 0.331. The molecule has 0 saturated heterocycles. The molecule has 1 aromatic rings. The molecule has 22 heavy (non-hydrogen) atoms. The molecule has 2 amide bonds. The topological polar surface area (TPSA) is 116 Å². The van der Waals surface area contributed by atoms with Gasteiger partial charge in [-0.05, 0) is 17.9 Å². The zero-order chi connectivity index (χ0) is 16.6. The molecule has 0 bridgehead atoms. The molecule has 0 aliphatic heterocycles. The molecule has 0 aliphatic rings. The molecule has 124 valence electrons. The minimum absolute atomic E-state index is 0.0118. The van der Waals surface area contributed by atoms with Crippen molar-refractivity contribution in [3.63, 3.8) is 0 Å². The molecule has 0 aliphatic carbocycles. The third-order valence-corrected chi connectivity index (χ3v) is 5.95. The maximum Gasteiger partial charge on any atom is 0.314 e. The number of hydrogen-bond donors (Lipinski definition) is 3. The highest BCUT2D eigenvalue weighted by Crippen LogP contribution is 2.19. The van der Waals surface area contributed by atoms with Gasteiger partial charge < -0.3 is 15.7 Å². The number of thiophene rings is 1. The van der Waals surface area contributed by atoms with Gasteiger partial charge in [0.15, 0.2) is 0 Å². The molecule has 3 N–H and O–H groups in total. The van der Waals surface area contributed by atoms with E-state index in [4.69, 9.17) is 5.11 Å². The monoisotopic (exact) mass is 349 g/mol. The first-order chi connectivity index (χ1) is 10.3. The summed E-state index contributed by atoms with van der Waals surface area (Å²) in [7, 11) is -2.06. The number of amides is 2. The standard InChI is InChI=1S/C12H19N3O5S2/c1-15(22(19,20)11-5-3-9-21-11)8-7-14-12(18)13-6-2-4-10(16)17/h3,5,9H,2,4,6-8H2,1H3,(H,16,17)(H2,13,14,18). The van der Waals surface area contributed by atoms with E-state index in [2.05, 4.69) is 10.6 Å². The molecule has 0 radical (unpaired) electrons. The van der Waals surface area contributed by atoms with Crippen LogP contribution in [0.4, 0.5) is 4.79 Å². The smallest absolute Gasteiger partial charge is 0.314 e. The highest BCUT2D eigenvalue weighted by atomic mass is 32.2. The number of sulfonamides is 1. The summed E-state index contributed by atoms with van der Waals surface area (Å²) in [6, 6.07) is 2.74. The number of carbonyl (C=O) groups excluding carboxylic acids is 1. The van der Waals surface area contributed by atoms with Gasteiger partial charge in [-0.3, -0.25) is 4.79 Å². The fraction of sp³-hybridized carbons (Fsp3) is 0.500. The predicted octanol–water partition coefficient (Wildman–Crippen LogP) is 0.533. The van der Waals surface area contributed by atoms with Crippen LogP contribution in [-0.2, 0) is 14.8 Å². The Morgan fingerprint density at radius 2 is 2.00 bits per heavy atom. The third-order valence-electron chi connectivity index (χ3n) is 2.72. The van der Waals surface area contributed by atoms with Crippen molar-refractivity contribution in [3.8, 4) is 0 Å². The van der Waals surface area contributed by atoms with Crippen molar-refractivity contribution < 1.29 is 23.1 Å². The first-order valence-corrected chi connectivity index (χ1v) is 8.89. The van der Waals surface area contributed by atoms with Crippen LogP contribution in [0.3, 0.4) is 0 Å². The molecule has 10 heteroatoms. The lowest BCUT2D eigenvalue weighted by Gasteiger charge is -2.16. The quantitative estimate of drug-likeness (QED) is 0.563. The van der Waals surface area contributed by atoms with Gasteiger partial charge in [0.2, 0.25) is 0 Å². The highest BCUT2D eigenvalue weighted by Gasteiger charge is 2.21. The Labute approximate surface area is 133 Å². The van der Waals surface area contributed by atoms with Crippen LogP contribution < -0.4 is 10.6 Å². The number of nitrogens with one attached hydrogen (secondary N) is 2. The molecule has 1 heterocycles. The molecule has 0 aromatic carbocycles. The molecule has 0 unspecified atom stereocenters. The van der Waals surface area contributed by atoms with Gasteiger partial charge in [0.05, 0.1) is 0 Å². The summed E-state index contributed by atoms with van der Waals surface area (Å²) in [4.78, 5) is 21.7. The molecule has 0 spiro atoms. The van der Waals surface area contributed by atoms with E-state index < -0.39 is 22.0 Å². The van der Waals surface area contributed by atoms with Crippen LogP contribution in [0, 0.1) is 0 Å². The maximum absolute atomic E-state index is 12.1. The van der Waals surface area contributed by atoms with Crippen LogP contribution in [0.5, 0.6) is 0 Å². The number of hydrogen-bond acceptors (Lipinski definition) is 5. The summed E-state index contributed by atoms with van der Waals surface area (Å²) >= 11 is 1.14. The minimum Gasteiger partial charge on any atom is -0.481 e. The molecular formula is C12H19N3O5S2. The second-order valence-corrected chi connectivity index (χ2v) is 7.66. The lowest BCUT2D eigenvalue weighted by atomic mass is 10.3.